The van der Waals surface area contributed by atoms with Crippen molar-refractivity contribution in [2.45, 2.75) is 25.9 Å². The van der Waals surface area contributed by atoms with Gasteiger partial charge in [-0.3, -0.25) is 9.59 Å². The summed E-state index contributed by atoms with van der Waals surface area (Å²) in [5.74, 6) is 1.01. The maximum atomic E-state index is 12.4. The Hall–Kier alpha value is -3.12. The van der Waals surface area contributed by atoms with E-state index in [0.29, 0.717) is 34.6 Å². The minimum absolute atomic E-state index is 0.155. The molecule has 0 spiro atoms. The van der Waals surface area contributed by atoms with E-state index in [1.54, 1.807) is 6.92 Å². The summed E-state index contributed by atoms with van der Waals surface area (Å²) in [7, 11) is 0. The van der Waals surface area contributed by atoms with Crippen LogP contribution in [0.2, 0.25) is 5.02 Å². The first-order chi connectivity index (χ1) is 13.5. The van der Waals surface area contributed by atoms with Gasteiger partial charge in [0.05, 0.1) is 5.56 Å². The van der Waals surface area contributed by atoms with E-state index in [1.165, 1.54) is 0 Å². The van der Waals surface area contributed by atoms with E-state index in [1.807, 2.05) is 48.5 Å². The van der Waals surface area contributed by atoms with Gasteiger partial charge in [-0.1, -0.05) is 35.9 Å². The molecule has 4 rings (SSSR count). The fourth-order valence-electron chi connectivity index (χ4n) is 3.31. The van der Waals surface area contributed by atoms with Gasteiger partial charge in [-0.25, -0.2) is 4.98 Å². The van der Waals surface area contributed by atoms with Crippen LogP contribution in [0.5, 0.6) is 5.75 Å². The molecule has 7 heteroatoms. The molecule has 0 saturated carbocycles. The van der Waals surface area contributed by atoms with Crippen molar-refractivity contribution in [3.8, 4) is 5.75 Å². The van der Waals surface area contributed by atoms with Crippen LogP contribution in [-0.2, 0) is 11.4 Å². The molecule has 0 aliphatic carbocycles. The first-order valence-electron chi connectivity index (χ1n) is 8.87. The number of hydrogen-bond donors (Lipinski definition) is 2. The fraction of sp³-hybridized carbons (Fsp3) is 0.190. The predicted molar refractivity (Wildman–Crippen MR) is 107 cm³/mol. The Morgan fingerprint density at radius 1 is 1.11 bits per heavy atom. The molecule has 1 atom stereocenters. The second-order valence-corrected chi connectivity index (χ2v) is 7.14. The Labute approximate surface area is 166 Å². The molecule has 1 amide bonds. The highest BCUT2D eigenvalue weighted by atomic mass is 35.5. The summed E-state index contributed by atoms with van der Waals surface area (Å²) in [6.45, 7) is 2.11. The normalized spacial score (nSPS) is 15.6. The lowest BCUT2D eigenvalue weighted by Gasteiger charge is -2.24. The van der Waals surface area contributed by atoms with Crippen LogP contribution >= 0.6 is 11.6 Å². The number of rotatable bonds is 4. The Morgan fingerprint density at radius 3 is 2.54 bits per heavy atom. The zero-order valence-corrected chi connectivity index (χ0v) is 15.9. The Bertz CT molecular complexity index is 1080. The lowest BCUT2D eigenvalue weighted by Crippen LogP contribution is -2.31. The molecule has 1 aromatic heterocycles. The fourth-order valence-corrected chi connectivity index (χ4v) is 3.44. The number of amides is 1. The number of carbonyl (C=O) groups excluding carboxylic acids is 1. The summed E-state index contributed by atoms with van der Waals surface area (Å²) >= 11 is 5.89. The second-order valence-electron chi connectivity index (χ2n) is 6.70. The molecule has 0 bridgehead atoms. The first kappa shape index (κ1) is 18.3. The van der Waals surface area contributed by atoms with Crippen molar-refractivity contribution in [1.82, 2.24) is 9.97 Å². The number of nitrogens with zero attached hydrogens (tertiary/aromatic N) is 1. The van der Waals surface area contributed by atoms with Crippen LogP contribution in [-0.4, -0.2) is 15.9 Å². The molecule has 1 aliphatic heterocycles. The van der Waals surface area contributed by atoms with Gasteiger partial charge in [-0.2, -0.15) is 0 Å². The van der Waals surface area contributed by atoms with Gasteiger partial charge < -0.3 is 15.0 Å². The number of anilines is 1. The number of fused-ring (bicyclic) bond motifs is 1. The summed E-state index contributed by atoms with van der Waals surface area (Å²) < 4.78 is 5.80. The third-order valence-electron chi connectivity index (χ3n) is 4.67. The molecule has 0 unspecified atom stereocenters. The number of hydrogen-bond acceptors (Lipinski definition) is 4. The molecule has 6 nitrogen and oxygen atoms in total. The lowest BCUT2D eigenvalue weighted by molar-refractivity contribution is -0.116. The third kappa shape index (κ3) is 3.77. The van der Waals surface area contributed by atoms with Crippen molar-refractivity contribution >= 4 is 23.3 Å². The largest absolute Gasteiger partial charge is 0.489 e. The molecule has 0 fully saturated rings. The van der Waals surface area contributed by atoms with Crippen LogP contribution in [0, 0.1) is 6.92 Å². The summed E-state index contributed by atoms with van der Waals surface area (Å²) in [6, 6.07) is 14.9. The van der Waals surface area contributed by atoms with Crippen LogP contribution in [0.3, 0.4) is 0 Å². The van der Waals surface area contributed by atoms with Crippen LogP contribution < -0.4 is 15.6 Å². The molecule has 0 radical (unpaired) electrons. The number of nitrogens with one attached hydrogen (secondary N) is 2. The smallest absolute Gasteiger partial charge is 0.256 e. The van der Waals surface area contributed by atoms with Gasteiger partial charge in [-0.15, -0.1) is 0 Å². The average molecular weight is 396 g/mol. The summed E-state index contributed by atoms with van der Waals surface area (Å²) in [5.41, 5.74) is 2.14. The van der Waals surface area contributed by atoms with Crippen LogP contribution in [0.4, 0.5) is 5.82 Å². The van der Waals surface area contributed by atoms with Crippen molar-refractivity contribution < 1.29 is 9.53 Å². The number of carbonyl (C=O) groups is 1. The van der Waals surface area contributed by atoms with E-state index in [9.17, 15) is 9.59 Å². The van der Waals surface area contributed by atoms with E-state index in [0.717, 1.165) is 11.1 Å². The number of aromatic amines is 1. The molecular formula is C21H18ClN3O3. The van der Waals surface area contributed by atoms with Gasteiger partial charge in [0.25, 0.3) is 5.56 Å². The van der Waals surface area contributed by atoms with Crippen molar-refractivity contribution in [2.75, 3.05) is 5.32 Å². The maximum Gasteiger partial charge on any atom is 0.256 e. The molecular weight excluding hydrogens is 378 g/mol. The van der Waals surface area contributed by atoms with Gasteiger partial charge in [0.15, 0.2) is 0 Å². The molecule has 0 saturated heterocycles. The minimum atomic E-state index is -0.342. The van der Waals surface area contributed by atoms with E-state index < -0.39 is 0 Å². The summed E-state index contributed by atoms with van der Waals surface area (Å²) in [4.78, 5) is 31.5. The molecule has 142 valence electrons. The monoisotopic (exact) mass is 395 g/mol. The van der Waals surface area contributed by atoms with E-state index in [4.69, 9.17) is 16.3 Å². The molecule has 1 aliphatic rings. The van der Waals surface area contributed by atoms with E-state index >= 15 is 0 Å². The molecule has 28 heavy (non-hydrogen) atoms. The molecule has 3 aromatic rings. The predicted octanol–water partition coefficient (Wildman–Crippen LogP) is 3.78. The summed E-state index contributed by atoms with van der Waals surface area (Å²) in [6.07, 6.45) is 0.200. The number of ether oxygens (including phenoxy) is 1. The zero-order valence-electron chi connectivity index (χ0n) is 15.2. The maximum absolute atomic E-state index is 12.4. The number of benzene rings is 2. The SMILES string of the molecule is Cc1nc2c(c(=O)[nH]1)[C@H](c1ccc(OCc3ccc(Cl)cc3)cc1)CC(=O)N2. The number of H-pyrrole nitrogens is 1. The lowest BCUT2D eigenvalue weighted by atomic mass is 9.87. The first-order valence-corrected chi connectivity index (χ1v) is 9.25. The topological polar surface area (TPSA) is 84.1 Å². The van der Waals surface area contributed by atoms with Gasteiger partial charge in [-0.05, 0) is 42.3 Å². The standard InChI is InChI=1S/C21H18ClN3O3/c1-12-23-20-19(21(27)24-12)17(10-18(26)25-20)14-4-8-16(9-5-14)28-11-13-2-6-15(22)7-3-13/h2-9,17H,10-11H2,1H3,(H2,23,24,25,26,27)/t17-/m0/s1. The Kier molecular flexibility index (Phi) is 4.88. The Morgan fingerprint density at radius 2 is 1.82 bits per heavy atom. The van der Waals surface area contributed by atoms with Crippen molar-refractivity contribution in [1.29, 1.82) is 0 Å². The Balaban J connectivity index is 1.55. The van der Waals surface area contributed by atoms with E-state index in [2.05, 4.69) is 15.3 Å². The number of aryl methyl sites for hydroxylation is 1. The van der Waals surface area contributed by atoms with Crippen LogP contribution in [0.1, 0.15) is 34.9 Å². The van der Waals surface area contributed by atoms with Gasteiger partial charge in [0.1, 0.15) is 24.0 Å². The van der Waals surface area contributed by atoms with Gasteiger partial charge >= 0.3 is 0 Å². The highest BCUT2D eigenvalue weighted by molar-refractivity contribution is 6.30. The van der Waals surface area contributed by atoms with Crippen molar-refractivity contribution in [3.63, 3.8) is 0 Å². The zero-order chi connectivity index (χ0) is 19.7. The van der Waals surface area contributed by atoms with Gasteiger partial charge in [0.2, 0.25) is 5.91 Å². The van der Waals surface area contributed by atoms with Crippen molar-refractivity contribution in [3.05, 3.63) is 86.4 Å². The highest BCUT2D eigenvalue weighted by Crippen LogP contribution is 2.34. The molecule has 2 N–H and O–H groups in total. The second kappa shape index (κ2) is 7.48. The average Bonchev–Trinajstić information content (AvgIpc) is 2.67. The molecule has 2 aromatic carbocycles. The quantitative estimate of drug-likeness (QED) is 0.704. The van der Waals surface area contributed by atoms with Gasteiger partial charge in [0, 0.05) is 17.4 Å². The van der Waals surface area contributed by atoms with Crippen LogP contribution in [0.15, 0.2) is 53.3 Å². The summed E-state index contributed by atoms with van der Waals surface area (Å²) in [5, 5.41) is 3.38. The minimum Gasteiger partial charge on any atom is -0.489 e. The highest BCUT2D eigenvalue weighted by Gasteiger charge is 2.30. The number of halogens is 1. The number of aromatic nitrogens is 2. The van der Waals surface area contributed by atoms with E-state index in [-0.39, 0.29) is 23.8 Å². The van der Waals surface area contributed by atoms with Crippen LogP contribution in [0.25, 0.3) is 0 Å². The van der Waals surface area contributed by atoms with Crippen molar-refractivity contribution in [2.24, 2.45) is 0 Å². The third-order valence-corrected chi connectivity index (χ3v) is 4.92. The molecule has 2 heterocycles.